The zero-order valence-electron chi connectivity index (χ0n) is 7.91. The van der Waals surface area contributed by atoms with Crippen LogP contribution in [0.5, 0.6) is 0 Å². The summed E-state index contributed by atoms with van der Waals surface area (Å²) >= 11 is 0. The second-order valence-corrected chi connectivity index (χ2v) is 3.48. The average molecular weight is 179 g/mol. The molecule has 1 aliphatic carbocycles. The first-order valence-corrected chi connectivity index (χ1v) is 4.38. The summed E-state index contributed by atoms with van der Waals surface area (Å²) in [5, 5.41) is 8.33. The first-order chi connectivity index (χ1) is 6.14. The van der Waals surface area contributed by atoms with Gasteiger partial charge in [-0.05, 0) is 13.3 Å². The Bertz CT molecular complexity index is 277. The number of carbonyl (C=O) groups excluding carboxylic acids is 1. The average Bonchev–Trinajstić information content (AvgIpc) is 2.76. The molecule has 3 nitrogen and oxygen atoms in total. The minimum atomic E-state index is -0.146. The highest BCUT2D eigenvalue weighted by molar-refractivity contribution is 5.77. The lowest BCUT2D eigenvalue weighted by molar-refractivity contribution is -0.145. The van der Waals surface area contributed by atoms with E-state index in [4.69, 9.17) is 10.00 Å². The van der Waals surface area contributed by atoms with Gasteiger partial charge in [0.25, 0.3) is 0 Å². The summed E-state index contributed by atoms with van der Waals surface area (Å²) in [6.07, 6.45) is 4.01. The number of allylic oxidation sites excluding steroid dienone is 2. The van der Waals surface area contributed by atoms with Crippen LogP contribution in [0.25, 0.3) is 0 Å². The lowest BCUT2D eigenvalue weighted by Crippen LogP contribution is -2.10. The van der Waals surface area contributed by atoms with Crippen molar-refractivity contribution in [3.8, 4) is 6.07 Å². The fraction of sp³-hybridized carbons (Fsp3) is 0.600. The van der Waals surface area contributed by atoms with Crippen molar-refractivity contribution in [1.82, 2.24) is 0 Å². The maximum atomic E-state index is 11.2. The van der Waals surface area contributed by atoms with Crippen LogP contribution in [0.4, 0.5) is 0 Å². The second kappa shape index (κ2) is 3.61. The monoisotopic (exact) mass is 179 g/mol. The molecule has 0 bridgehead atoms. The quantitative estimate of drug-likeness (QED) is 0.489. The van der Waals surface area contributed by atoms with E-state index in [2.05, 4.69) is 0 Å². The number of ether oxygens (including phenoxy) is 1. The molecule has 0 aromatic heterocycles. The third kappa shape index (κ3) is 2.09. The molecule has 0 radical (unpaired) electrons. The fourth-order valence-electron chi connectivity index (χ4n) is 1.39. The molecule has 3 heteroatoms. The normalized spacial score (nSPS) is 31.3. The van der Waals surface area contributed by atoms with Crippen LogP contribution in [0.2, 0.25) is 0 Å². The van der Waals surface area contributed by atoms with E-state index >= 15 is 0 Å². The Labute approximate surface area is 78.0 Å². The van der Waals surface area contributed by atoms with Crippen LogP contribution in [-0.4, -0.2) is 12.6 Å². The van der Waals surface area contributed by atoms with Crippen molar-refractivity contribution < 1.29 is 9.53 Å². The number of nitriles is 1. The molecule has 1 aliphatic rings. The molecule has 0 spiro atoms. The van der Waals surface area contributed by atoms with Crippen molar-refractivity contribution in [3.63, 3.8) is 0 Å². The standard InChI is InChI=1S/C10H13NO2/c1-3-13-9(12)8-7-10(8,2)5-4-6-11/h4-5,8H,3,7H2,1-2H3/b5-4+/t8-,10+/m1/s1. The first kappa shape index (κ1) is 9.79. The highest BCUT2D eigenvalue weighted by Gasteiger charge is 2.53. The van der Waals surface area contributed by atoms with Crippen molar-refractivity contribution >= 4 is 5.97 Å². The minimum absolute atomic E-state index is 0.0444. The predicted molar refractivity (Wildman–Crippen MR) is 47.6 cm³/mol. The predicted octanol–water partition coefficient (Wildman–Crippen LogP) is 1.66. The van der Waals surface area contributed by atoms with Gasteiger partial charge >= 0.3 is 5.97 Å². The maximum Gasteiger partial charge on any atom is 0.309 e. The number of rotatable bonds is 3. The molecule has 0 heterocycles. The van der Waals surface area contributed by atoms with E-state index in [0.717, 1.165) is 6.42 Å². The van der Waals surface area contributed by atoms with Crippen LogP contribution in [0.15, 0.2) is 12.2 Å². The van der Waals surface area contributed by atoms with Gasteiger partial charge in [0.2, 0.25) is 0 Å². The zero-order valence-corrected chi connectivity index (χ0v) is 7.91. The molecule has 0 amide bonds. The Kier molecular flexibility index (Phi) is 2.72. The first-order valence-electron chi connectivity index (χ1n) is 4.38. The fourth-order valence-corrected chi connectivity index (χ4v) is 1.39. The SMILES string of the molecule is CCOC(=O)[C@H]1C[C@]1(C)/C=C/C#N. The van der Waals surface area contributed by atoms with Crippen LogP contribution in [0.3, 0.4) is 0 Å². The molecule has 0 saturated heterocycles. The summed E-state index contributed by atoms with van der Waals surface area (Å²) in [5.41, 5.74) is -0.137. The Morgan fingerprint density at radius 2 is 2.54 bits per heavy atom. The van der Waals surface area contributed by atoms with E-state index in [1.165, 1.54) is 6.08 Å². The molecule has 2 atom stereocenters. The zero-order chi connectivity index (χ0) is 9.90. The van der Waals surface area contributed by atoms with Crippen LogP contribution < -0.4 is 0 Å². The van der Waals surface area contributed by atoms with E-state index in [0.29, 0.717) is 6.61 Å². The second-order valence-electron chi connectivity index (χ2n) is 3.48. The van der Waals surface area contributed by atoms with Crippen molar-refractivity contribution in [2.24, 2.45) is 11.3 Å². The van der Waals surface area contributed by atoms with Crippen molar-refractivity contribution in [2.45, 2.75) is 20.3 Å². The highest BCUT2D eigenvalue weighted by atomic mass is 16.5. The van der Waals surface area contributed by atoms with E-state index in [-0.39, 0.29) is 17.3 Å². The molecule has 0 aliphatic heterocycles. The highest BCUT2D eigenvalue weighted by Crippen LogP contribution is 2.53. The van der Waals surface area contributed by atoms with Gasteiger partial charge in [-0.3, -0.25) is 4.79 Å². The van der Waals surface area contributed by atoms with Gasteiger partial charge in [0.05, 0.1) is 18.6 Å². The smallest absolute Gasteiger partial charge is 0.309 e. The summed E-state index contributed by atoms with van der Waals surface area (Å²) in [4.78, 5) is 11.2. The van der Waals surface area contributed by atoms with E-state index in [1.807, 2.05) is 13.0 Å². The molecule has 1 fully saturated rings. The molecule has 70 valence electrons. The largest absolute Gasteiger partial charge is 0.466 e. The third-order valence-electron chi connectivity index (χ3n) is 2.39. The Morgan fingerprint density at radius 1 is 1.85 bits per heavy atom. The molecule has 1 saturated carbocycles. The van der Waals surface area contributed by atoms with Crippen LogP contribution in [0.1, 0.15) is 20.3 Å². The summed E-state index contributed by atoms with van der Waals surface area (Å²) in [7, 11) is 0. The number of carbonyl (C=O) groups is 1. The van der Waals surface area contributed by atoms with E-state index in [9.17, 15) is 4.79 Å². The van der Waals surface area contributed by atoms with Gasteiger partial charge in [-0.15, -0.1) is 0 Å². The number of nitrogens with zero attached hydrogens (tertiary/aromatic N) is 1. The van der Waals surface area contributed by atoms with Gasteiger partial charge < -0.3 is 4.74 Å². The molecular formula is C10H13NO2. The van der Waals surface area contributed by atoms with Gasteiger partial charge in [0.15, 0.2) is 0 Å². The van der Waals surface area contributed by atoms with Gasteiger partial charge in [0.1, 0.15) is 0 Å². The van der Waals surface area contributed by atoms with Gasteiger partial charge in [-0.25, -0.2) is 0 Å². The third-order valence-corrected chi connectivity index (χ3v) is 2.39. The molecule has 0 unspecified atom stereocenters. The van der Waals surface area contributed by atoms with Crippen LogP contribution in [0, 0.1) is 22.7 Å². The van der Waals surface area contributed by atoms with Crippen molar-refractivity contribution in [2.75, 3.05) is 6.61 Å². The molecule has 13 heavy (non-hydrogen) atoms. The number of esters is 1. The van der Waals surface area contributed by atoms with Gasteiger partial charge in [0, 0.05) is 11.5 Å². The molecule has 1 rings (SSSR count). The maximum absolute atomic E-state index is 11.2. The number of hydrogen-bond donors (Lipinski definition) is 0. The van der Waals surface area contributed by atoms with Crippen molar-refractivity contribution in [3.05, 3.63) is 12.2 Å². The molecular weight excluding hydrogens is 166 g/mol. The molecule has 0 aromatic rings. The molecule has 0 N–H and O–H groups in total. The summed E-state index contributed by atoms with van der Waals surface area (Å²) in [5.74, 6) is -0.190. The summed E-state index contributed by atoms with van der Waals surface area (Å²) < 4.78 is 4.89. The Hall–Kier alpha value is -1.30. The van der Waals surface area contributed by atoms with Gasteiger partial charge in [-0.1, -0.05) is 13.0 Å². The van der Waals surface area contributed by atoms with Gasteiger partial charge in [-0.2, -0.15) is 5.26 Å². The van der Waals surface area contributed by atoms with Crippen molar-refractivity contribution in [1.29, 1.82) is 5.26 Å². The summed E-state index contributed by atoms with van der Waals surface area (Å²) in [6.45, 7) is 4.18. The van der Waals surface area contributed by atoms with Crippen LogP contribution in [-0.2, 0) is 9.53 Å². The van der Waals surface area contributed by atoms with E-state index < -0.39 is 0 Å². The minimum Gasteiger partial charge on any atom is -0.466 e. The Balaban J connectivity index is 2.49. The molecule has 0 aromatic carbocycles. The summed E-state index contributed by atoms with van der Waals surface area (Å²) in [6, 6.07) is 1.92. The van der Waals surface area contributed by atoms with Crippen LogP contribution >= 0.6 is 0 Å². The number of hydrogen-bond acceptors (Lipinski definition) is 3. The van der Waals surface area contributed by atoms with E-state index in [1.54, 1.807) is 13.0 Å². The lowest BCUT2D eigenvalue weighted by Gasteiger charge is -2.03. The topological polar surface area (TPSA) is 50.1 Å². The lowest BCUT2D eigenvalue weighted by atomic mass is 10.1. The Morgan fingerprint density at radius 3 is 3.08 bits per heavy atom.